The molecule has 1 amide bonds. The summed E-state index contributed by atoms with van der Waals surface area (Å²) in [7, 11) is 0. The second kappa shape index (κ2) is 7.12. The van der Waals surface area contributed by atoms with Gasteiger partial charge in [0.05, 0.1) is 13.0 Å². The normalized spacial score (nSPS) is 10.4. The van der Waals surface area contributed by atoms with Gasteiger partial charge in [-0.2, -0.15) is 0 Å². The Balaban J connectivity index is 1.83. The van der Waals surface area contributed by atoms with Crippen molar-refractivity contribution in [3.63, 3.8) is 0 Å². The highest BCUT2D eigenvalue weighted by molar-refractivity contribution is 5.90. The van der Waals surface area contributed by atoms with Gasteiger partial charge in [-0.1, -0.05) is 12.1 Å². The Morgan fingerprint density at radius 2 is 1.64 bits per heavy atom. The molecule has 0 bridgehead atoms. The fraction of sp³-hybridized carbons (Fsp3) is 0.316. The summed E-state index contributed by atoms with van der Waals surface area (Å²) in [5.74, 6) is 0.782. The lowest BCUT2D eigenvalue weighted by molar-refractivity contribution is -0.116. The van der Waals surface area contributed by atoms with Crippen molar-refractivity contribution in [1.29, 1.82) is 0 Å². The van der Waals surface area contributed by atoms with Gasteiger partial charge >= 0.3 is 0 Å². The Morgan fingerprint density at radius 1 is 0.955 bits per heavy atom. The van der Waals surface area contributed by atoms with E-state index in [0.717, 1.165) is 22.6 Å². The zero-order valence-electron chi connectivity index (χ0n) is 13.7. The first-order valence-electron chi connectivity index (χ1n) is 7.52. The number of benzene rings is 2. The van der Waals surface area contributed by atoms with Gasteiger partial charge in [0, 0.05) is 5.69 Å². The smallest absolute Gasteiger partial charge is 0.227 e. The van der Waals surface area contributed by atoms with Gasteiger partial charge in [-0.15, -0.1) is 0 Å². The van der Waals surface area contributed by atoms with Crippen molar-refractivity contribution in [3.8, 4) is 5.75 Å². The number of amides is 1. The monoisotopic (exact) mass is 297 g/mol. The molecular weight excluding hydrogens is 274 g/mol. The molecule has 0 heterocycles. The molecule has 0 radical (unpaired) electrons. The number of nitrogens with one attached hydrogen (secondary N) is 1. The minimum atomic E-state index is -0.0346. The van der Waals surface area contributed by atoms with E-state index in [0.29, 0.717) is 13.0 Å². The molecule has 0 fully saturated rings. The first-order chi connectivity index (χ1) is 10.4. The summed E-state index contributed by atoms with van der Waals surface area (Å²) >= 11 is 0. The number of carbonyl (C=O) groups excluding carboxylic acids is 1. The molecule has 2 aromatic carbocycles. The highest BCUT2D eigenvalue weighted by atomic mass is 16.5. The molecule has 0 aliphatic rings. The second-order valence-electron chi connectivity index (χ2n) is 5.77. The van der Waals surface area contributed by atoms with E-state index < -0.39 is 0 Å². The Kier molecular flexibility index (Phi) is 5.21. The summed E-state index contributed by atoms with van der Waals surface area (Å²) in [6, 6.07) is 12.0. The van der Waals surface area contributed by atoms with E-state index in [1.807, 2.05) is 51.1 Å². The number of aryl methyl sites for hydroxylation is 4. The molecule has 22 heavy (non-hydrogen) atoms. The molecule has 2 rings (SSSR count). The average Bonchev–Trinajstić information content (AvgIpc) is 2.42. The minimum absolute atomic E-state index is 0.0346. The van der Waals surface area contributed by atoms with Crippen LogP contribution in [0, 0.1) is 27.7 Å². The van der Waals surface area contributed by atoms with E-state index >= 15 is 0 Å². The predicted octanol–water partition coefficient (Wildman–Crippen LogP) is 4.33. The summed E-state index contributed by atoms with van der Waals surface area (Å²) in [5, 5.41) is 2.90. The van der Waals surface area contributed by atoms with Gasteiger partial charge in [0.1, 0.15) is 5.75 Å². The summed E-state index contributed by atoms with van der Waals surface area (Å²) < 4.78 is 5.66. The van der Waals surface area contributed by atoms with Crippen molar-refractivity contribution in [2.75, 3.05) is 11.9 Å². The summed E-state index contributed by atoms with van der Waals surface area (Å²) in [6.45, 7) is 8.53. The maximum absolute atomic E-state index is 11.9. The van der Waals surface area contributed by atoms with Crippen LogP contribution in [0.25, 0.3) is 0 Å². The SMILES string of the molecule is Cc1cc(C)cc(OCCC(=O)Nc2ccc(C)c(C)c2)c1. The van der Waals surface area contributed by atoms with Gasteiger partial charge < -0.3 is 10.1 Å². The van der Waals surface area contributed by atoms with E-state index in [1.165, 1.54) is 11.1 Å². The third-order valence-corrected chi connectivity index (χ3v) is 3.58. The third kappa shape index (κ3) is 4.62. The van der Waals surface area contributed by atoms with E-state index in [4.69, 9.17) is 4.74 Å². The van der Waals surface area contributed by atoms with Gasteiger partial charge in [0.15, 0.2) is 0 Å². The average molecular weight is 297 g/mol. The van der Waals surface area contributed by atoms with Gasteiger partial charge in [0.2, 0.25) is 5.91 Å². The van der Waals surface area contributed by atoms with Crippen molar-refractivity contribution >= 4 is 11.6 Å². The molecule has 0 unspecified atom stereocenters. The van der Waals surface area contributed by atoms with Crippen LogP contribution >= 0.6 is 0 Å². The fourth-order valence-electron chi connectivity index (χ4n) is 2.32. The molecule has 3 nitrogen and oxygen atoms in total. The largest absolute Gasteiger partial charge is 0.493 e. The molecule has 2 aromatic rings. The van der Waals surface area contributed by atoms with Crippen LogP contribution in [0.4, 0.5) is 5.69 Å². The van der Waals surface area contributed by atoms with Crippen LogP contribution in [0.3, 0.4) is 0 Å². The maximum Gasteiger partial charge on any atom is 0.227 e. The minimum Gasteiger partial charge on any atom is -0.493 e. The summed E-state index contributed by atoms with van der Waals surface area (Å²) in [6.07, 6.45) is 0.333. The lowest BCUT2D eigenvalue weighted by Crippen LogP contribution is -2.15. The molecule has 0 saturated heterocycles. The fourth-order valence-corrected chi connectivity index (χ4v) is 2.32. The lowest BCUT2D eigenvalue weighted by atomic mass is 10.1. The number of anilines is 1. The Morgan fingerprint density at radius 3 is 2.27 bits per heavy atom. The summed E-state index contributed by atoms with van der Waals surface area (Å²) in [4.78, 5) is 11.9. The molecule has 0 aliphatic carbocycles. The van der Waals surface area contributed by atoms with Crippen molar-refractivity contribution < 1.29 is 9.53 Å². The van der Waals surface area contributed by atoms with Gasteiger partial charge in [-0.25, -0.2) is 0 Å². The van der Waals surface area contributed by atoms with E-state index in [-0.39, 0.29) is 5.91 Å². The number of rotatable bonds is 5. The molecule has 0 saturated carbocycles. The topological polar surface area (TPSA) is 38.3 Å². The zero-order chi connectivity index (χ0) is 16.1. The third-order valence-electron chi connectivity index (χ3n) is 3.58. The molecule has 0 aliphatic heterocycles. The second-order valence-corrected chi connectivity index (χ2v) is 5.77. The molecule has 1 N–H and O–H groups in total. The van der Waals surface area contributed by atoms with Crippen LogP contribution in [0.15, 0.2) is 36.4 Å². The van der Waals surface area contributed by atoms with Gasteiger partial charge in [0.25, 0.3) is 0 Å². The number of ether oxygens (including phenoxy) is 1. The Labute approximate surface area is 132 Å². The van der Waals surface area contributed by atoms with Crippen molar-refractivity contribution in [2.45, 2.75) is 34.1 Å². The zero-order valence-corrected chi connectivity index (χ0v) is 13.7. The van der Waals surface area contributed by atoms with Crippen LogP contribution in [-0.4, -0.2) is 12.5 Å². The maximum atomic E-state index is 11.9. The standard InChI is InChI=1S/C19H23NO2/c1-13-9-14(2)11-18(10-13)22-8-7-19(21)20-17-6-5-15(3)16(4)12-17/h5-6,9-12H,7-8H2,1-4H3,(H,20,21). The molecule has 3 heteroatoms. The highest BCUT2D eigenvalue weighted by Gasteiger charge is 2.04. The molecule has 0 aromatic heterocycles. The van der Waals surface area contributed by atoms with Gasteiger partial charge in [-0.05, 0) is 74.2 Å². The lowest BCUT2D eigenvalue weighted by Gasteiger charge is -2.10. The first kappa shape index (κ1) is 16.1. The van der Waals surface area contributed by atoms with Crippen molar-refractivity contribution in [1.82, 2.24) is 0 Å². The Hall–Kier alpha value is -2.29. The van der Waals surface area contributed by atoms with Crippen molar-refractivity contribution in [2.24, 2.45) is 0 Å². The van der Waals surface area contributed by atoms with Crippen LogP contribution in [0.5, 0.6) is 5.75 Å². The highest BCUT2D eigenvalue weighted by Crippen LogP contribution is 2.17. The first-order valence-corrected chi connectivity index (χ1v) is 7.52. The van der Waals surface area contributed by atoms with Gasteiger partial charge in [-0.3, -0.25) is 4.79 Å². The van der Waals surface area contributed by atoms with Crippen LogP contribution < -0.4 is 10.1 Å². The van der Waals surface area contributed by atoms with Crippen LogP contribution in [0.2, 0.25) is 0 Å². The predicted molar refractivity (Wildman–Crippen MR) is 90.6 cm³/mol. The number of hydrogen-bond donors (Lipinski definition) is 1. The molecule has 0 spiro atoms. The quantitative estimate of drug-likeness (QED) is 0.892. The van der Waals surface area contributed by atoms with E-state index in [9.17, 15) is 4.79 Å². The Bertz CT molecular complexity index is 657. The number of hydrogen-bond acceptors (Lipinski definition) is 2. The summed E-state index contributed by atoms with van der Waals surface area (Å²) in [5.41, 5.74) is 5.55. The number of carbonyl (C=O) groups is 1. The van der Waals surface area contributed by atoms with Crippen molar-refractivity contribution in [3.05, 3.63) is 58.7 Å². The van der Waals surface area contributed by atoms with E-state index in [1.54, 1.807) is 0 Å². The molecule has 0 atom stereocenters. The van der Waals surface area contributed by atoms with E-state index in [2.05, 4.69) is 18.3 Å². The molecular formula is C19H23NO2. The molecule has 116 valence electrons. The van der Waals surface area contributed by atoms with Crippen LogP contribution in [-0.2, 0) is 4.79 Å². The van der Waals surface area contributed by atoms with Crippen LogP contribution in [0.1, 0.15) is 28.7 Å².